The maximum Gasteiger partial charge on any atom is 0.308 e. The summed E-state index contributed by atoms with van der Waals surface area (Å²) in [7, 11) is 0. The van der Waals surface area contributed by atoms with Crippen molar-refractivity contribution in [3.8, 4) is 5.75 Å². The maximum atomic E-state index is 13.3. The van der Waals surface area contributed by atoms with Crippen molar-refractivity contribution in [3.05, 3.63) is 29.3 Å². The van der Waals surface area contributed by atoms with Crippen molar-refractivity contribution in [1.82, 2.24) is 4.90 Å². The van der Waals surface area contributed by atoms with Crippen LogP contribution in [0.4, 0.5) is 0 Å². The van der Waals surface area contributed by atoms with Gasteiger partial charge < -0.3 is 4.74 Å². The molecule has 0 bridgehead atoms. The van der Waals surface area contributed by atoms with Crippen molar-refractivity contribution in [2.45, 2.75) is 71.6 Å². The SMILES string of the molecule is CCCCN1C(=O)CC2[C@@H]3CCc4cc(OC(C)=O)ccc4C3CC[C@]2(C)C1=O. The van der Waals surface area contributed by atoms with Gasteiger partial charge in [-0.05, 0) is 73.1 Å². The minimum atomic E-state index is -0.419. The fraction of sp³-hybridized carbons (Fsp3) is 0.625. The predicted molar refractivity (Wildman–Crippen MR) is 109 cm³/mol. The Bertz CT molecular complexity index is 847. The largest absolute Gasteiger partial charge is 0.427 e. The first-order valence-electron chi connectivity index (χ1n) is 11.0. The summed E-state index contributed by atoms with van der Waals surface area (Å²) in [5.41, 5.74) is 2.14. The lowest BCUT2D eigenvalue weighted by atomic mass is 9.52. The maximum absolute atomic E-state index is 13.3. The number of carbonyl (C=O) groups is 3. The van der Waals surface area contributed by atoms with Gasteiger partial charge >= 0.3 is 5.97 Å². The van der Waals surface area contributed by atoms with Crippen molar-refractivity contribution in [3.63, 3.8) is 0 Å². The van der Waals surface area contributed by atoms with E-state index in [1.807, 2.05) is 12.1 Å². The second-order valence-electron chi connectivity index (χ2n) is 9.23. The van der Waals surface area contributed by atoms with Gasteiger partial charge in [-0.25, -0.2) is 0 Å². The Morgan fingerprint density at radius 2 is 2.07 bits per heavy atom. The van der Waals surface area contributed by atoms with Gasteiger partial charge in [-0.3, -0.25) is 19.3 Å². The van der Waals surface area contributed by atoms with Gasteiger partial charge in [-0.1, -0.05) is 26.3 Å². The molecule has 1 saturated heterocycles. The van der Waals surface area contributed by atoms with Gasteiger partial charge in [0.1, 0.15) is 5.75 Å². The Hall–Kier alpha value is -2.17. The van der Waals surface area contributed by atoms with Crippen LogP contribution in [-0.4, -0.2) is 29.2 Å². The van der Waals surface area contributed by atoms with E-state index in [0.717, 1.165) is 38.5 Å². The second-order valence-corrected chi connectivity index (χ2v) is 9.23. The number of esters is 1. The van der Waals surface area contributed by atoms with Crippen molar-refractivity contribution in [2.24, 2.45) is 17.3 Å². The topological polar surface area (TPSA) is 63.7 Å². The molecular weight excluding hydrogens is 366 g/mol. The van der Waals surface area contributed by atoms with Crippen molar-refractivity contribution in [1.29, 1.82) is 0 Å². The monoisotopic (exact) mass is 397 g/mol. The number of imide groups is 1. The first kappa shape index (κ1) is 20.1. The van der Waals surface area contributed by atoms with Crippen LogP contribution in [0.15, 0.2) is 18.2 Å². The lowest BCUT2D eigenvalue weighted by Gasteiger charge is -2.54. The quantitative estimate of drug-likeness (QED) is 0.433. The molecule has 1 saturated carbocycles. The third-order valence-electron chi connectivity index (χ3n) is 7.51. The van der Waals surface area contributed by atoms with Crippen LogP contribution in [0.1, 0.15) is 76.3 Å². The number of fused-ring (bicyclic) bond motifs is 5. The molecular formula is C24H31NO4. The van der Waals surface area contributed by atoms with E-state index in [4.69, 9.17) is 4.74 Å². The van der Waals surface area contributed by atoms with Gasteiger partial charge in [-0.15, -0.1) is 0 Å². The van der Waals surface area contributed by atoms with E-state index >= 15 is 0 Å². The molecule has 1 aromatic rings. The lowest BCUT2D eigenvalue weighted by molar-refractivity contribution is -0.167. The first-order valence-corrected chi connectivity index (χ1v) is 11.0. The van der Waals surface area contributed by atoms with E-state index in [9.17, 15) is 14.4 Å². The van der Waals surface area contributed by atoms with E-state index in [1.54, 1.807) is 4.90 Å². The molecule has 0 radical (unpaired) electrons. The van der Waals surface area contributed by atoms with Gasteiger partial charge in [0.25, 0.3) is 0 Å². The summed E-state index contributed by atoms with van der Waals surface area (Å²) in [6, 6.07) is 5.96. The van der Waals surface area contributed by atoms with E-state index in [-0.39, 0.29) is 23.7 Å². The number of amides is 2. The number of benzene rings is 1. The minimum absolute atomic E-state index is 0.0163. The molecule has 0 N–H and O–H groups in total. The molecule has 2 unspecified atom stereocenters. The third kappa shape index (κ3) is 3.38. The highest BCUT2D eigenvalue weighted by Crippen LogP contribution is 2.58. The smallest absolute Gasteiger partial charge is 0.308 e. The molecule has 5 nitrogen and oxygen atoms in total. The van der Waals surface area contributed by atoms with Crippen molar-refractivity contribution < 1.29 is 19.1 Å². The Morgan fingerprint density at radius 3 is 2.79 bits per heavy atom. The highest BCUT2D eigenvalue weighted by molar-refractivity contribution is 6.01. The molecule has 1 aromatic carbocycles. The molecule has 29 heavy (non-hydrogen) atoms. The summed E-state index contributed by atoms with van der Waals surface area (Å²) < 4.78 is 5.26. The lowest BCUT2D eigenvalue weighted by Crippen LogP contribution is -2.59. The molecule has 156 valence electrons. The summed E-state index contributed by atoms with van der Waals surface area (Å²) in [4.78, 5) is 39.0. The third-order valence-corrected chi connectivity index (χ3v) is 7.51. The number of hydrogen-bond donors (Lipinski definition) is 0. The van der Waals surface area contributed by atoms with Gasteiger partial charge in [0.2, 0.25) is 11.8 Å². The van der Waals surface area contributed by atoms with Crippen LogP contribution in [0, 0.1) is 17.3 Å². The second kappa shape index (κ2) is 7.58. The van der Waals surface area contributed by atoms with Crippen LogP contribution in [0.25, 0.3) is 0 Å². The number of unbranched alkanes of at least 4 members (excludes halogenated alkanes) is 1. The fourth-order valence-electron chi connectivity index (χ4n) is 6.01. The summed E-state index contributed by atoms with van der Waals surface area (Å²) in [6.07, 6.45) is 6.04. The zero-order chi connectivity index (χ0) is 20.8. The number of carbonyl (C=O) groups excluding carboxylic acids is 3. The van der Waals surface area contributed by atoms with Crippen LogP contribution in [0.2, 0.25) is 0 Å². The van der Waals surface area contributed by atoms with E-state index < -0.39 is 5.41 Å². The summed E-state index contributed by atoms with van der Waals surface area (Å²) in [5.74, 6) is 1.24. The highest BCUT2D eigenvalue weighted by atomic mass is 16.5. The Kier molecular flexibility index (Phi) is 5.26. The number of ether oxygens (including phenoxy) is 1. The predicted octanol–water partition coefficient (Wildman–Crippen LogP) is 4.23. The molecule has 3 aliphatic rings. The molecule has 2 fully saturated rings. The van der Waals surface area contributed by atoms with Crippen LogP contribution in [0.3, 0.4) is 0 Å². The van der Waals surface area contributed by atoms with Crippen LogP contribution >= 0.6 is 0 Å². The Labute approximate surface area is 172 Å². The van der Waals surface area contributed by atoms with Crippen LogP contribution in [-0.2, 0) is 20.8 Å². The van der Waals surface area contributed by atoms with Crippen LogP contribution in [0.5, 0.6) is 5.75 Å². The average molecular weight is 398 g/mol. The molecule has 4 atom stereocenters. The number of aryl methyl sites for hydroxylation is 1. The molecule has 0 aromatic heterocycles. The molecule has 5 heteroatoms. The van der Waals surface area contributed by atoms with Gasteiger partial charge in [0.15, 0.2) is 0 Å². The standard InChI is InChI=1S/C24H31NO4/c1-4-5-12-25-22(27)14-21-20-8-6-16-13-17(29-15(2)26)7-9-18(16)19(20)10-11-24(21,3)23(25)28/h7,9,13,19-21H,4-6,8,10-12,14H2,1-3H3/t19?,20-,21?,24+/m1/s1. The Balaban J connectivity index is 1.60. The van der Waals surface area contributed by atoms with Crippen molar-refractivity contribution >= 4 is 17.8 Å². The number of rotatable bonds is 4. The van der Waals surface area contributed by atoms with Crippen LogP contribution < -0.4 is 4.74 Å². The number of likely N-dealkylation sites (tertiary alicyclic amines) is 1. The molecule has 1 heterocycles. The highest BCUT2D eigenvalue weighted by Gasteiger charge is 2.57. The first-order chi connectivity index (χ1) is 13.8. The zero-order valence-electron chi connectivity index (χ0n) is 17.7. The van der Waals surface area contributed by atoms with Gasteiger partial charge in [0, 0.05) is 19.9 Å². The number of nitrogens with zero attached hydrogens (tertiary/aromatic N) is 1. The number of piperidine rings is 1. The molecule has 2 amide bonds. The zero-order valence-corrected chi connectivity index (χ0v) is 17.7. The number of hydrogen-bond acceptors (Lipinski definition) is 4. The molecule has 2 aliphatic carbocycles. The summed E-state index contributed by atoms with van der Waals surface area (Å²) in [6.45, 7) is 6.16. The summed E-state index contributed by atoms with van der Waals surface area (Å²) >= 11 is 0. The normalized spacial score (nSPS) is 31.0. The van der Waals surface area contributed by atoms with Gasteiger partial charge in [-0.2, -0.15) is 0 Å². The molecule has 1 aliphatic heterocycles. The molecule has 0 spiro atoms. The molecule has 4 rings (SSSR count). The van der Waals surface area contributed by atoms with E-state index in [2.05, 4.69) is 19.9 Å². The van der Waals surface area contributed by atoms with Crippen molar-refractivity contribution in [2.75, 3.05) is 6.54 Å². The minimum Gasteiger partial charge on any atom is -0.427 e. The summed E-state index contributed by atoms with van der Waals surface area (Å²) in [5, 5.41) is 0. The fourth-order valence-corrected chi connectivity index (χ4v) is 6.01. The Morgan fingerprint density at radius 1 is 1.28 bits per heavy atom. The average Bonchev–Trinajstić information content (AvgIpc) is 2.68. The van der Waals surface area contributed by atoms with Gasteiger partial charge in [0.05, 0.1) is 5.41 Å². The van der Waals surface area contributed by atoms with E-state index in [0.29, 0.717) is 30.6 Å². The van der Waals surface area contributed by atoms with E-state index in [1.165, 1.54) is 18.1 Å².